The second kappa shape index (κ2) is 10.2. The fourth-order valence-electron chi connectivity index (χ4n) is 4.19. The first-order valence-corrected chi connectivity index (χ1v) is 11.9. The van der Waals surface area contributed by atoms with Crippen LogP contribution in [0.2, 0.25) is 5.02 Å². The van der Waals surface area contributed by atoms with Crippen LogP contribution in [0.15, 0.2) is 78.9 Å². The Labute approximate surface area is 211 Å². The van der Waals surface area contributed by atoms with Crippen molar-refractivity contribution in [3.05, 3.63) is 101 Å². The molecule has 0 atom stereocenters. The highest BCUT2D eigenvalue weighted by molar-refractivity contribution is 6.31. The summed E-state index contributed by atoms with van der Waals surface area (Å²) in [7, 11) is 0. The molecule has 5 aromatic rings. The Kier molecular flexibility index (Phi) is 6.64. The van der Waals surface area contributed by atoms with Gasteiger partial charge in [-0.3, -0.25) is 20.4 Å². The molecule has 3 N–H and O–H groups in total. The standard InChI is InChI=1S/C28H22ClFN4O2/c29-19-11-15-24-22(16-19)21(27(32-24)25-14-10-17-4-1-2-6-23(17)31-25)5-3-7-26(35)33-34-28(36)18-8-12-20(30)13-9-18/h1-2,4,6,8-16,32H,3,5,7H2,(H,33,35)(H,34,36). The van der Waals surface area contributed by atoms with Crippen molar-refractivity contribution in [3.63, 3.8) is 0 Å². The molecule has 0 fully saturated rings. The van der Waals surface area contributed by atoms with Crippen LogP contribution in [0.1, 0.15) is 28.8 Å². The Morgan fingerprint density at radius 2 is 1.75 bits per heavy atom. The Morgan fingerprint density at radius 1 is 0.944 bits per heavy atom. The number of nitrogens with one attached hydrogen (secondary N) is 3. The Bertz CT molecular complexity index is 1580. The molecule has 6 nitrogen and oxygen atoms in total. The minimum absolute atomic E-state index is 0.196. The van der Waals surface area contributed by atoms with Crippen molar-refractivity contribution < 1.29 is 14.0 Å². The van der Waals surface area contributed by atoms with E-state index in [2.05, 4.69) is 15.8 Å². The molecule has 0 spiro atoms. The summed E-state index contributed by atoms with van der Waals surface area (Å²) < 4.78 is 13.0. The van der Waals surface area contributed by atoms with Crippen LogP contribution in [0, 0.1) is 5.82 Å². The summed E-state index contributed by atoms with van der Waals surface area (Å²) in [5.41, 5.74) is 9.59. The van der Waals surface area contributed by atoms with Crippen LogP contribution in [-0.4, -0.2) is 21.8 Å². The summed E-state index contributed by atoms with van der Waals surface area (Å²) in [6.45, 7) is 0. The number of benzene rings is 3. The first-order valence-electron chi connectivity index (χ1n) is 11.5. The lowest BCUT2D eigenvalue weighted by Gasteiger charge is -2.09. The van der Waals surface area contributed by atoms with Crippen molar-refractivity contribution in [3.8, 4) is 11.4 Å². The zero-order valence-electron chi connectivity index (χ0n) is 19.1. The van der Waals surface area contributed by atoms with Crippen molar-refractivity contribution in [2.24, 2.45) is 0 Å². The fraction of sp³-hybridized carbons (Fsp3) is 0.107. The van der Waals surface area contributed by atoms with Crippen molar-refractivity contribution in [2.75, 3.05) is 0 Å². The molecule has 0 aliphatic carbocycles. The summed E-state index contributed by atoms with van der Waals surface area (Å²) in [5.74, 6) is -1.28. The maximum Gasteiger partial charge on any atom is 0.269 e. The minimum atomic E-state index is -0.515. The number of amides is 2. The normalized spacial score (nSPS) is 11.1. The van der Waals surface area contributed by atoms with Crippen LogP contribution in [0.5, 0.6) is 0 Å². The quantitative estimate of drug-likeness (QED) is 0.251. The highest BCUT2D eigenvalue weighted by Crippen LogP contribution is 2.33. The number of para-hydroxylation sites is 1. The van der Waals surface area contributed by atoms with E-state index < -0.39 is 11.7 Å². The molecule has 8 heteroatoms. The smallest absolute Gasteiger partial charge is 0.269 e. The third-order valence-electron chi connectivity index (χ3n) is 5.98. The first-order chi connectivity index (χ1) is 17.5. The molecule has 5 rings (SSSR count). The molecule has 0 radical (unpaired) electrons. The number of carbonyl (C=O) groups is 2. The molecule has 2 amide bonds. The van der Waals surface area contributed by atoms with Crippen LogP contribution < -0.4 is 10.9 Å². The SMILES string of the molecule is O=C(CCCc1c(-c2ccc3ccccc3n2)[nH]c2ccc(Cl)cc12)NNC(=O)c1ccc(F)cc1. The number of hydrogen-bond acceptors (Lipinski definition) is 3. The van der Waals surface area contributed by atoms with Gasteiger partial charge < -0.3 is 4.98 Å². The van der Waals surface area contributed by atoms with Gasteiger partial charge in [-0.1, -0.05) is 35.9 Å². The predicted octanol–water partition coefficient (Wildman–Crippen LogP) is 5.96. The lowest BCUT2D eigenvalue weighted by atomic mass is 10.0. The summed E-state index contributed by atoms with van der Waals surface area (Å²) >= 11 is 6.28. The van der Waals surface area contributed by atoms with Crippen molar-refractivity contribution in [2.45, 2.75) is 19.3 Å². The monoisotopic (exact) mass is 500 g/mol. The molecular weight excluding hydrogens is 479 g/mol. The van der Waals surface area contributed by atoms with Crippen LogP contribution >= 0.6 is 11.6 Å². The van der Waals surface area contributed by atoms with Gasteiger partial charge >= 0.3 is 0 Å². The zero-order chi connectivity index (χ0) is 25.1. The average Bonchev–Trinajstić information content (AvgIpc) is 3.25. The van der Waals surface area contributed by atoms with E-state index in [1.54, 1.807) is 0 Å². The number of hydrazine groups is 1. The van der Waals surface area contributed by atoms with Crippen LogP contribution in [0.4, 0.5) is 4.39 Å². The molecule has 0 unspecified atom stereocenters. The third kappa shape index (κ3) is 5.06. The van der Waals surface area contributed by atoms with Crippen molar-refractivity contribution in [1.82, 2.24) is 20.8 Å². The van der Waals surface area contributed by atoms with Gasteiger partial charge in [0.15, 0.2) is 0 Å². The van der Waals surface area contributed by atoms with Crippen LogP contribution in [0.25, 0.3) is 33.2 Å². The molecular formula is C28H22ClFN4O2. The number of fused-ring (bicyclic) bond motifs is 2. The summed E-state index contributed by atoms with van der Waals surface area (Å²) in [6.07, 6.45) is 1.34. The Morgan fingerprint density at radius 3 is 2.58 bits per heavy atom. The number of carbonyl (C=O) groups excluding carboxylic acids is 2. The number of rotatable bonds is 6. The van der Waals surface area contributed by atoms with E-state index in [9.17, 15) is 14.0 Å². The van der Waals surface area contributed by atoms with Crippen LogP contribution in [-0.2, 0) is 11.2 Å². The highest BCUT2D eigenvalue weighted by atomic mass is 35.5. The maximum atomic E-state index is 13.0. The lowest BCUT2D eigenvalue weighted by Crippen LogP contribution is -2.41. The van der Waals surface area contributed by atoms with Gasteiger partial charge in [-0.25, -0.2) is 9.37 Å². The van der Waals surface area contributed by atoms with Gasteiger partial charge in [0.25, 0.3) is 5.91 Å². The molecule has 36 heavy (non-hydrogen) atoms. The average molecular weight is 501 g/mol. The van der Waals surface area contributed by atoms with E-state index in [1.807, 2.05) is 54.6 Å². The number of halogens is 2. The molecule has 2 aromatic heterocycles. The Balaban J connectivity index is 1.30. The van der Waals surface area contributed by atoms with E-state index in [-0.39, 0.29) is 17.9 Å². The van der Waals surface area contributed by atoms with Gasteiger partial charge in [0.2, 0.25) is 5.91 Å². The number of aromatic nitrogens is 2. The van der Waals surface area contributed by atoms with Gasteiger partial charge in [0.1, 0.15) is 5.82 Å². The molecule has 2 heterocycles. The minimum Gasteiger partial charge on any atom is -0.353 e. The van der Waals surface area contributed by atoms with E-state index >= 15 is 0 Å². The molecule has 0 saturated heterocycles. The number of H-pyrrole nitrogens is 1. The number of nitrogens with zero attached hydrogens (tertiary/aromatic N) is 1. The third-order valence-corrected chi connectivity index (χ3v) is 6.21. The maximum absolute atomic E-state index is 13.0. The predicted molar refractivity (Wildman–Crippen MR) is 139 cm³/mol. The Hall–Kier alpha value is -4.23. The van der Waals surface area contributed by atoms with E-state index in [4.69, 9.17) is 16.6 Å². The first kappa shape index (κ1) is 23.5. The topological polar surface area (TPSA) is 86.9 Å². The second-order valence-electron chi connectivity index (χ2n) is 8.42. The van der Waals surface area contributed by atoms with Gasteiger partial charge in [-0.15, -0.1) is 0 Å². The largest absolute Gasteiger partial charge is 0.353 e. The number of aryl methyl sites for hydroxylation is 1. The van der Waals surface area contributed by atoms with Gasteiger partial charge in [-0.05, 0) is 73.0 Å². The zero-order valence-corrected chi connectivity index (χ0v) is 19.9. The van der Waals surface area contributed by atoms with E-state index in [1.165, 1.54) is 24.3 Å². The number of pyridine rings is 1. The number of hydrogen-bond donors (Lipinski definition) is 3. The molecule has 0 aliphatic rings. The van der Waals surface area contributed by atoms with Gasteiger partial charge in [-0.2, -0.15) is 0 Å². The fourth-order valence-corrected chi connectivity index (χ4v) is 4.36. The summed E-state index contributed by atoms with van der Waals surface area (Å²) in [5, 5.41) is 2.67. The summed E-state index contributed by atoms with van der Waals surface area (Å²) in [6, 6.07) is 22.7. The molecule has 0 aliphatic heterocycles. The molecule has 0 saturated carbocycles. The summed E-state index contributed by atoms with van der Waals surface area (Å²) in [4.78, 5) is 32.8. The van der Waals surface area contributed by atoms with Gasteiger partial charge in [0.05, 0.1) is 16.9 Å². The van der Waals surface area contributed by atoms with Crippen molar-refractivity contribution >= 4 is 45.2 Å². The molecule has 3 aromatic carbocycles. The van der Waals surface area contributed by atoms with Gasteiger partial charge in [0, 0.05) is 33.3 Å². The lowest BCUT2D eigenvalue weighted by molar-refractivity contribution is -0.121. The molecule has 0 bridgehead atoms. The highest BCUT2D eigenvalue weighted by Gasteiger charge is 2.16. The molecule has 180 valence electrons. The van der Waals surface area contributed by atoms with Crippen molar-refractivity contribution in [1.29, 1.82) is 0 Å². The van der Waals surface area contributed by atoms with Crippen LogP contribution in [0.3, 0.4) is 0 Å². The second-order valence-corrected chi connectivity index (χ2v) is 8.86. The van der Waals surface area contributed by atoms with E-state index in [0.717, 1.165) is 38.8 Å². The number of aromatic amines is 1. The van der Waals surface area contributed by atoms with E-state index in [0.29, 0.717) is 17.9 Å².